The number of pyridine rings is 1. The molecule has 90 valence electrons. The molecule has 0 spiro atoms. The van der Waals surface area contributed by atoms with Crippen LogP contribution in [0, 0.1) is 11.3 Å². The Balaban J connectivity index is 2.32. The molecule has 0 fully saturated rings. The molecule has 2 rings (SSSR count). The minimum Gasteiger partial charge on any atom is -0.496 e. The number of hydrogen-bond acceptors (Lipinski definition) is 5. The molecule has 2 N–H and O–H groups in total. The minimum atomic E-state index is 0.245. The van der Waals surface area contributed by atoms with Crippen LogP contribution in [0.15, 0.2) is 46.3 Å². The highest BCUT2D eigenvalue weighted by Gasteiger charge is 2.07. The first-order chi connectivity index (χ1) is 8.74. The molecule has 1 aromatic heterocycles. The van der Waals surface area contributed by atoms with Crippen molar-refractivity contribution in [1.29, 1.82) is 5.26 Å². The van der Waals surface area contributed by atoms with E-state index in [1.807, 2.05) is 30.3 Å². The summed E-state index contributed by atoms with van der Waals surface area (Å²) in [6.07, 6.45) is 0. The second kappa shape index (κ2) is 5.43. The van der Waals surface area contributed by atoms with E-state index in [0.717, 1.165) is 10.6 Å². The van der Waals surface area contributed by atoms with Gasteiger partial charge < -0.3 is 10.5 Å². The molecule has 0 radical (unpaired) electrons. The van der Waals surface area contributed by atoms with E-state index in [4.69, 9.17) is 15.7 Å². The first-order valence-electron chi connectivity index (χ1n) is 5.22. The van der Waals surface area contributed by atoms with Crippen LogP contribution in [0.2, 0.25) is 0 Å². The zero-order valence-corrected chi connectivity index (χ0v) is 10.6. The van der Waals surface area contributed by atoms with Gasteiger partial charge in [-0.2, -0.15) is 5.26 Å². The third kappa shape index (κ3) is 2.55. The quantitative estimate of drug-likeness (QED) is 0.915. The molecule has 0 amide bonds. The van der Waals surface area contributed by atoms with E-state index >= 15 is 0 Å². The SMILES string of the molecule is COc1ccccc1Sc1ccc(N)c(C#N)n1. The number of nitrogens with zero attached hydrogens (tertiary/aromatic N) is 2. The summed E-state index contributed by atoms with van der Waals surface area (Å²) in [6, 6.07) is 13.1. The number of para-hydroxylation sites is 1. The zero-order valence-electron chi connectivity index (χ0n) is 9.75. The van der Waals surface area contributed by atoms with Gasteiger partial charge in [-0.15, -0.1) is 0 Å². The van der Waals surface area contributed by atoms with Gasteiger partial charge in [0.25, 0.3) is 0 Å². The Morgan fingerprint density at radius 1 is 1.28 bits per heavy atom. The molecule has 5 heteroatoms. The monoisotopic (exact) mass is 257 g/mol. The lowest BCUT2D eigenvalue weighted by Gasteiger charge is -2.07. The smallest absolute Gasteiger partial charge is 0.164 e. The summed E-state index contributed by atoms with van der Waals surface area (Å²) in [7, 11) is 1.62. The second-order valence-electron chi connectivity index (χ2n) is 3.45. The van der Waals surface area contributed by atoms with Crippen molar-refractivity contribution in [3.8, 4) is 11.8 Å². The number of anilines is 1. The van der Waals surface area contributed by atoms with Crippen LogP contribution in [0.25, 0.3) is 0 Å². The van der Waals surface area contributed by atoms with Crippen molar-refractivity contribution in [2.24, 2.45) is 0 Å². The number of nitrogens with two attached hydrogens (primary N) is 1. The van der Waals surface area contributed by atoms with E-state index in [1.165, 1.54) is 11.8 Å². The van der Waals surface area contributed by atoms with Gasteiger partial charge in [0, 0.05) is 0 Å². The first kappa shape index (κ1) is 12.3. The zero-order chi connectivity index (χ0) is 13.0. The number of ether oxygens (including phenoxy) is 1. The van der Waals surface area contributed by atoms with Crippen LogP contribution < -0.4 is 10.5 Å². The lowest BCUT2D eigenvalue weighted by molar-refractivity contribution is 0.405. The van der Waals surface area contributed by atoms with Crippen LogP contribution in [0.4, 0.5) is 5.69 Å². The molecule has 0 aliphatic rings. The van der Waals surface area contributed by atoms with Gasteiger partial charge in [-0.25, -0.2) is 4.98 Å². The molecule has 0 bridgehead atoms. The molecule has 1 heterocycles. The Bertz CT molecular complexity index is 607. The van der Waals surface area contributed by atoms with Gasteiger partial charge >= 0.3 is 0 Å². The third-order valence-electron chi connectivity index (χ3n) is 2.29. The molecule has 0 atom stereocenters. The van der Waals surface area contributed by atoms with Gasteiger partial charge in [0.1, 0.15) is 16.8 Å². The van der Waals surface area contributed by atoms with Gasteiger partial charge in [-0.1, -0.05) is 23.9 Å². The summed E-state index contributed by atoms with van der Waals surface area (Å²) < 4.78 is 5.26. The maximum atomic E-state index is 8.88. The van der Waals surface area contributed by atoms with Gasteiger partial charge in [0.05, 0.1) is 17.7 Å². The highest BCUT2D eigenvalue weighted by atomic mass is 32.2. The summed E-state index contributed by atoms with van der Waals surface area (Å²) >= 11 is 1.43. The predicted octanol–water partition coefficient (Wildman–Crippen LogP) is 2.70. The molecule has 0 saturated carbocycles. The maximum absolute atomic E-state index is 8.88. The van der Waals surface area contributed by atoms with E-state index in [2.05, 4.69) is 4.98 Å². The Morgan fingerprint density at radius 3 is 2.78 bits per heavy atom. The van der Waals surface area contributed by atoms with Crippen LogP contribution in [0.5, 0.6) is 5.75 Å². The molecule has 0 saturated heterocycles. The highest BCUT2D eigenvalue weighted by Crippen LogP contribution is 2.34. The van der Waals surface area contributed by atoms with Crippen molar-refractivity contribution in [1.82, 2.24) is 4.98 Å². The van der Waals surface area contributed by atoms with E-state index < -0.39 is 0 Å². The highest BCUT2D eigenvalue weighted by molar-refractivity contribution is 7.99. The maximum Gasteiger partial charge on any atom is 0.164 e. The second-order valence-corrected chi connectivity index (χ2v) is 4.51. The van der Waals surface area contributed by atoms with Crippen molar-refractivity contribution in [3.63, 3.8) is 0 Å². The number of nitriles is 1. The lowest BCUT2D eigenvalue weighted by Crippen LogP contribution is -1.94. The van der Waals surface area contributed by atoms with Crippen molar-refractivity contribution in [3.05, 3.63) is 42.1 Å². The molecular weight excluding hydrogens is 246 g/mol. The summed E-state index contributed by atoms with van der Waals surface area (Å²) in [5.74, 6) is 0.777. The molecule has 18 heavy (non-hydrogen) atoms. The molecule has 2 aromatic rings. The van der Waals surface area contributed by atoms with Crippen LogP contribution in [0.1, 0.15) is 5.69 Å². The van der Waals surface area contributed by atoms with E-state index in [-0.39, 0.29) is 5.69 Å². The fraction of sp³-hybridized carbons (Fsp3) is 0.0769. The van der Waals surface area contributed by atoms with Gasteiger partial charge in [-0.05, 0) is 24.3 Å². The minimum absolute atomic E-state index is 0.245. The average Bonchev–Trinajstić information content (AvgIpc) is 2.41. The topological polar surface area (TPSA) is 71.9 Å². The first-order valence-corrected chi connectivity index (χ1v) is 6.03. The van der Waals surface area contributed by atoms with Crippen LogP contribution in [-0.2, 0) is 0 Å². The van der Waals surface area contributed by atoms with Crippen LogP contribution in [0.3, 0.4) is 0 Å². The normalized spacial score (nSPS) is 9.78. The molecule has 0 aliphatic carbocycles. The largest absolute Gasteiger partial charge is 0.496 e. The summed E-state index contributed by atoms with van der Waals surface area (Å²) in [5.41, 5.74) is 6.27. The standard InChI is InChI=1S/C13H11N3OS/c1-17-11-4-2-3-5-12(11)18-13-7-6-9(15)10(8-14)16-13/h2-7H,15H2,1H3. The third-order valence-corrected chi connectivity index (χ3v) is 3.28. The van der Waals surface area contributed by atoms with Crippen LogP contribution in [-0.4, -0.2) is 12.1 Å². The van der Waals surface area contributed by atoms with Crippen molar-refractivity contribution in [2.45, 2.75) is 9.92 Å². The van der Waals surface area contributed by atoms with E-state index in [9.17, 15) is 0 Å². The molecule has 4 nitrogen and oxygen atoms in total. The number of rotatable bonds is 3. The average molecular weight is 257 g/mol. The van der Waals surface area contributed by atoms with Crippen molar-refractivity contribution in [2.75, 3.05) is 12.8 Å². The number of benzene rings is 1. The summed E-state index contributed by atoms with van der Waals surface area (Å²) in [6.45, 7) is 0. The van der Waals surface area contributed by atoms with Gasteiger partial charge in [0.15, 0.2) is 5.69 Å². The number of nitrogen functional groups attached to an aromatic ring is 1. The predicted molar refractivity (Wildman–Crippen MR) is 70.5 cm³/mol. The fourth-order valence-corrected chi connectivity index (χ4v) is 2.31. The lowest BCUT2D eigenvalue weighted by atomic mass is 10.3. The van der Waals surface area contributed by atoms with Crippen molar-refractivity contribution >= 4 is 17.4 Å². The van der Waals surface area contributed by atoms with E-state index in [1.54, 1.807) is 19.2 Å². The van der Waals surface area contributed by atoms with Gasteiger partial charge in [0.2, 0.25) is 0 Å². The summed E-state index contributed by atoms with van der Waals surface area (Å²) in [5, 5.41) is 9.60. The summed E-state index contributed by atoms with van der Waals surface area (Å²) in [4.78, 5) is 5.13. The molecular formula is C13H11N3OS. The Hall–Kier alpha value is -2.19. The van der Waals surface area contributed by atoms with E-state index in [0.29, 0.717) is 10.7 Å². The Labute approximate surface area is 109 Å². The molecule has 0 unspecified atom stereocenters. The van der Waals surface area contributed by atoms with Gasteiger partial charge in [-0.3, -0.25) is 0 Å². The molecule has 0 aliphatic heterocycles. The van der Waals surface area contributed by atoms with Crippen molar-refractivity contribution < 1.29 is 4.74 Å². The Morgan fingerprint density at radius 2 is 2.06 bits per heavy atom. The number of hydrogen-bond donors (Lipinski definition) is 1. The Kier molecular flexibility index (Phi) is 3.70. The number of methoxy groups -OCH3 is 1. The molecule has 1 aromatic carbocycles. The number of aromatic nitrogens is 1. The van der Waals surface area contributed by atoms with Crippen LogP contribution >= 0.6 is 11.8 Å². The fourth-order valence-electron chi connectivity index (χ4n) is 1.41.